The van der Waals surface area contributed by atoms with E-state index in [0.717, 1.165) is 22.3 Å². The maximum Gasteiger partial charge on any atom is 0.164 e. The van der Waals surface area contributed by atoms with Gasteiger partial charge in [0, 0.05) is 43.8 Å². The summed E-state index contributed by atoms with van der Waals surface area (Å²) >= 11 is 0. The molecule has 2 N–H and O–H groups in total. The van der Waals surface area contributed by atoms with Crippen molar-refractivity contribution < 1.29 is 8.78 Å². The van der Waals surface area contributed by atoms with E-state index in [0.29, 0.717) is 67.4 Å². The van der Waals surface area contributed by atoms with Crippen molar-refractivity contribution >= 4 is 44.1 Å². The lowest BCUT2D eigenvalue weighted by molar-refractivity contribution is 0.629. The lowest BCUT2D eigenvalue weighted by Crippen LogP contribution is -1.83. The minimum Gasteiger partial charge on any atom is -0.324 e. The molecule has 3 aromatic heterocycles. The van der Waals surface area contributed by atoms with Gasteiger partial charge < -0.3 is 9.97 Å². The normalized spacial score (nSPS) is 12.0. The number of H-pyrrole nitrogens is 2. The van der Waals surface area contributed by atoms with Crippen molar-refractivity contribution in [1.82, 2.24) is 39.9 Å². The molecule has 8 nitrogen and oxygen atoms in total. The molecular weight excluding hydrogens is 534 g/mol. The molecule has 2 aliphatic heterocycles. The number of fused-ring (bicyclic) bond motifs is 20. The van der Waals surface area contributed by atoms with Gasteiger partial charge in [-0.2, -0.15) is 0 Å². The molecule has 10 heteroatoms. The Balaban J connectivity index is 1.51. The lowest BCUT2D eigenvalue weighted by Gasteiger charge is -1.96. The second kappa shape index (κ2) is 8.31. The Morgan fingerprint density at radius 1 is 0.381 bits per heavy atom. The van der Waals surface area contributed by atoms with Crippen molar-refractivity contribution in [3.63, 3.8) is 0 Å². The van der Waals surface area contributed by atoms with Crippen molar-refractivity contribution in [3.05, 3.63) is 96.6 Å². The monoisotopic (exact) mass is 550 g/mol. The molecule has 0 fully saturated rings. The highest BCUT2D eigenvalue weighted by atomic mass is 19.1. The third-order valence-corrected chi connectivity index (χ3v) is 7.57. The Labute approximate surface area is 234 Å². The number of halogens is 2. The van der Waals surface area contributed by atoms with E-state index in [1.54, 1.807) is 12.1 Å². The third-order valence-electron chi connectivity index (χ3n) is 7.57. The van der Waals surface area contributed by atoms with Crippen LogP contribution in [0.2, 0.25) is 0 Å². The number of hydrogen-bond donors (Lipinski definition) is 2. The van der Waals surface area contributed by atoms with E-state index in [2.05, 4.69) is 9.97 Å². The Morgan fingerprint density at radius 2 is 0.714 bits per heavy atom. The number of benzene rings is 4. The summed E-state index contributed by atoms with van der Waals surface area (Å²) in [5.74, 6) is 0.913. The fraction of sp³-hybridized carbons (Fsp3) is 0. The predicted octanol–water partition coefficient (Wildman–Crippen LogP) is 7.15. The van der Waals surface area contributed by atoms with Crippen molar-refractivity contribution in [2.24, 2.45) is 0 Å². The maximum absolute atomic E-state index is 14.5. The highest BCUT2D eigenvalue weighted by Crippen LogP contribution is 2.36. The first-order valence-corrected chi connectivity index (χ1v) is 13.2. The molecule has 42 heavy (non-hydrogen) atoms. The van der Waals surface area contributed by atoms with Crippen molar-refractivity contribution in [2.75, 3.05) is 0 Å². The number of aromatic amines is 2. The Hall–Kier alpha value is -5.90. The van der Waals surface area contributed by atoms with Gasteiger partial charge in [0.25, 0.3) is 0 Å². The van der Waals surface area contributed by atoms with Crippen LogP contribution in [0, 0.1) is 11.6 Å². The maximum atomic E-state index is 14.5. The highest BCUT2D eigenvalue weighted by Gasteiger charge is 2.22. The van der Waals surface area contributed by atoms with Gasteiger partial charge in [0.2, 0.25) is 0 Å². The minimum absolute atomic E-state index is 0.394. The first kappa shape index (κ1) is 22.9. The van der Waals surface area contributed by atoms with Crippen molar-refractivity contribution in [3.8, 4) is 45.6 Å². The van der Waals surface area contributed by atoms with Crippen LogP contribution in [0.25, 0.3) is 89.7 Å². The highest BCUT2D eigenvalue weighted by molar-refractivity contribution is 6.06. The van der Waals surface area contributed by atoms with Gasteiger partial charge in [0.05, 0.1) is 0 Å². The summed E-state index contributed by atoms with van der Waals surface area (Å²) in [4.78, 5) is 35.6. The summed E-state index contributed by atoms with van der Waals surface area (Å²) in [7, 11) is 0. The predicted molar refractivity (Wildman–Crippen MR) is 156 cm³/mol. The molecule has 8 bridgehead atoms. The van der Waals surface area contributed by atoms with E-state index in [-0.39, 0.29) is 0 Å². The molecule has 9 rings (SSSR count). The Morgan fingerprint density at radius 3 is 1.07 bits per heavy atom. The average molecular weight is 551 g/mol. The molecule has 2 aliphatic rings. The smallest absolute Gasteiger partial charge is 0.164 e. The fourth-order valence-electron chi connectivity index (χ4n) is 5.64. The Bertz CT molecular complexity index is 2290. The van der Waals surface area contributed by atoms with Crippen LogP contribution in [0.15, 0.2) is 84.9 Å². The minimum atomic E-state index is -0.394. The molecule has 0 spiro atoms. The van der Waals surface area contributed by atoms with Crippen molar-refractivity contribution in [1.29, 1.82) is 0 Å². The third kappa shape index (κ3) is 3.32. The van der Waals surface area contributed by atoms with Crippen LogP contribution in [0.3, 0.4) is 0 Å². The fourth-order valence-corrected chi connectivity index (χ4v) is 5.64. The molecule has 7 aromatic rings. The van der Waals surface area contributed by atoms with Crippen LogP contribution in [0.1, 0.15) is 0 Å². The molecule has 198 valence electrons. The van der Waals surface area contributed by atoms with Gasteiger partial charge in [-0.3, -0.25) is 0 Å². The summed E-state index contributed by atoms with van der Waals surface area (Å²) in [5, 5.41) is 2.48. The number of hydrogen-bond acceptors (Lipinski definition) is 6. The molecule has 0 saturated carbocycles. The summed E-state index contributed by atoms with van der Waals surface area (Å²) in [6, 6.07) is 24.2. The van der Waals surface area contributed by atoms with Crippen LogP contribution in [0.4, 0.5) is 8.78 Å². The van der Waals surface area contributed by atoms with E-state index >= 15 is 0 Å². The number of rotatable bonds is 0. The zero-order chi connectivity index (χ0) is 27.9. The zero-order valence-corrected chi connectivity index (χ0v) is 21.5. The average Bonchev–Trinajstić information content (AvgIpc) is 3.72. The topological polar surface area (TPSA) is 109 Å². The van der Waals surface area contributed by atoms with E-state index in [4.69, 9.17) is 29.9 Å². The first-order chi connectivity index (χ1) is 20.6. The molecular formula is C32H16F2N8. The molecule has 4 aromatic carbocycles. The largest absolute Gasteiger partial charge is 0.324 e. The van der Waals surface area contributed by atoms with Crippen LogP contribution in [-0.2, 0) is 0 Å². The number of nitrogens with zero attached hydrogens (tertiary/aromatic N) is 6. The van der Waals surface area contributed by atoms with E-state index in [9.17, 15) is 8.78 Å². The Kier molecular flexibility index (Phi) is 4.52. The molecule has 0 unspecified atom stereocenters. The van der Waals surface area contributed by atoms with E-state index in [1.165, 1.54) is 24.3 Å². The van der Waals surface area contributed by atoms with E-state index in [1.807, 2.05) is 48.5 Å². The zero-order valence-electron chi connectivity index (χ0n) is 21.5. The quantitative estimate of drug-likeness (QED) is 0.208. The molecule has 0 radical (unpaired) electrons. The number of nitrogens with one attached hydrogen (secondary N) is 2. The summed E-state index contributed by atoms with van der Waals surface area (Å²) in [5.41, 5.74) is 4.88. The van der Waals surface area contributed by atoms with Crippen molar-refractivity contribution in [2.45, 2.75) is 0 Å². The van der Waals surface area contributed by atoms with Crippen LogP contribution in [0.5, 0.6) is 0 Å². The van der Waals surface area contributed by atoms with Gasteiger partial charge in [0.1, 0.15) is 34.2 Å². The van der Waals surface area contributed by atoms with Crippen LogP contribution >= 0.6 is 0 Å². The van der Waals surface area contributed by atoms with Gasteiger partial charge in [-0.1, -0.05) is 48.5 Å². The van der Waals surface area contributed by atoms with Gasteiger partial charge in [0.15, 0.2) is 23.3 Å². The second-order valence-electron chi connectivity index (χ2n) is 10.1. The first-order valence-electron chi connectivity index (χ1n) is 13.2. The van der Waals surface area contributed by atoms with Gasteiger partial charge in [-0.05, 0) is 36.4 Å². The standard InChI is InChI=1S/C32H16F2N8/c33-15-9-11-21-23(13-15)32-40-28-20-8-4-2-6-18(20)26(36-28)38-30-22-12-10-16(34)14-24(22)31(42-30)39-27-19-7-3-1-5-17(19)25(35-27)37-29(21)41-32/h1-14H,(H2,35,36,37,38,39,40,41,42). The van der Waals surface area contributed by atoms with Gasteiger partial charge in [-0.15, -0.1) is 0 Å². The summed E-state index contributed by atoms with van der Waals surface area (Å²) in [6.07, 6.45) is 0. The summed E-state index contributed by atoms with van der Waals surface area (Å²) < 4.78 is 28.9. The van der Waals surface area contributed by atoms with E-state index < -0.39 is 11.6 Å². The SMILES string of the molecule is Fc1ccc2c3nc4nc(nc5[nH]c(nc6nc(nc([nH]3)c2c1)-c1ccccc1-6)c1ccc(F)cc51)-c1ccccc1-4. The molecule has 0 aliphatic carbocycles. The molecule has 0 saturated heterocycles. The molecule has 0 amide bonds. The number of aromatic nitrogens is 8. The van der Waals surface area contributed by atoms with Crippen LogP contribution < -0.4 is 0 Å². The lowest BCUT2D eigenvalue weighted by atomic mass is 10.1. The molecule has 5 heterocycles. The van der Waals surface area contributed by atoms with Crippen LogP contribution in [-0.4, -0.2) is 39.9 Å². The second-order valence-corrected chi connectivity index (χ2v) is 10.1. The van der Waals surface area contributed by atoms with Gasteiger partial charge in [-0.25, -0.2) is 38.7 Å². The van der Waals surface area contributed by atoms with Gasteiger partial charge >= 0.3 is 0 Å². The summed E-state index contributed by atoms with van der Waals surface area (Å²) in [6.45, 7) is 0. The molecule has 0 atom stereocenters.